The van der Waals surface area contributed by atoms with Gasteiger partial charge in [0.1, 0.15) is 5.82 Å². The molecule has 0 N–H and O–H groups in total. The Hall–Kier alpha value is -1.49. The van der Waals surface area contributed by atoms with Crippen molar-refractivity contribution in [3.63, 3.8) is 0 Å². The number of methoxy groups -OCH3 is 1. The first-order chi connectivity index (χ1) is 10.2. The summed E-state index contributed by atoms with van der Waals surface area (Å²) in [5.41, 5.74) is 1.67. The molecule has 1 amide bonds. The van der Waals surface area contributed by atoms with Crippen molar-refractivity contribution in [3.05, 3.63) is 23.3 Å². The summed E-state index contributed by atoms with van der Waals surface area (Å²) in [6.07, 6.45) is 7.21. The molecule has 1 aromatic rings. The van der Waals surface area contributed by atoms with E-state index in [-0.39, 0.29) is 12.0 Å². The van der Waals surface area contributed by atoms with Crippen molar-refractivity contribution in [2.24, 2.45) is 0 Å². The molecule has 0 spiro atoms. The second-order valence-electron chi connectivity index (χ2n) is 6.07. The van der Waals surface area contributed by atoms with Gasteiger partial charge in [0.25, 0.3) is 5.91 Å². The molecule has 1 aromatic heterocycles. The molecule has 0 aromatic carbocycles. The normalized spacial score (nSPS) is 23.0. The Labute approximate surface area is 125 Å². The SMILES string of the molecule is COC1CCCN(C(=O)c2cnc(C)nc2C2CC2)CC1. The second-order valence-corrected chi connectivity index (χ2v) is 6.07. The third-order valence-electron chi connectivity index (χ3n) is 4.43. The minimum atomic E-state index is 0.0913. The fourth-order valence-electron chi connectivity index (χ4n) is 3.00. The van der Waals surface area contributed by atoms with E-state index in [9.17, 15) is 4.79 Å². The van der Waals surface area contributed by atoms with Crippen LogP contribution in [-0.2, 0) is 4.74 Å². The van der Waals surface area contributed by atoms with E-state index in [4.69, 9.17) is 4.74 Å². The van der Waals surface area contributed by atoms with Gasteiger partial charge in [-0.05, 0) is 39.0 Å². The van der Waals surface area contributed by atoms with Crippen molar-refractivity contribution in [2.45, 2.75) is 51.0 Å². The van der Waals surface area contributed by atoms with E-state index in [1.165, 1.54) is 0 Å². The Morgan fingerprint density at radius 1 is 1.29 bits per heavy atom. The summed E-state index contributed by atoms with van der Waals surface area (Å²) < 4.78 is 5.43. The van der Waals surface area contributed by atoms with Crippen LogP contribution in [0.1, 0.15) is 59.9 Å². The number of likely N-dealkylation sites (tertiary alicyclic amines) is 1. The molecule has 1 unspecified atom stereocenters. The van der Waals surface area contributed by atoms with Crippen LogP contribution < -0.4 is 0 Å². The minimum Gasteiger partial charge on any atom is -0.381 e. The maximum Gasteiger partial charge on any atom is 0.257 e. The van der Waals surface area contributed by atoms with Gasteiger partial charge in [0.15, 0.2) is 0 Å². The summed E-state index contributed by atoms with van der Waals surface area (Å²) in [6, 6.07) is 0. The lowest BCUT2D eigenvalue weighted by molar-refractivity contribution is 0.0721. The predicted molar refractivity (Wildman–Crippen MR) is 79.3 cm³/mol. The van der Waals surface area contributed by atoms with E-state index in [2.05, 4.69) is 9.97 Å². The molecule has 5 nitrogen and oxygen atoms in total. The number of hydrogen-bond donors (Lipinski definition) is 0. The number of hydrogen-bond acceptors (Lipinski definition) is 4. The van der Waals surface area contributed by atoms with Gasteiger partial charge < -0.3 is 9.64 Å². The summed E-state index contributed by atoms with van der Waals surface area (Å²) in [5.74, 6) is 1.31. The van der Waals surface area contributed by atoms with Crippen molar-refractivity contribution in [1.82, 2.24) is 14.9 Å². The standard InChI is InChI=1S/C16H23N3O2/c1-11-17-10-14(15(18-11)12-5-6-12)16(20)19-8-3-4-13(21-2)7-9-19/h10,12-13H,3-9H2,1-2H3. The zero-order valence-electron chi connectivity index (χ0n) is 12.8. The average Bonchev–Trinajstić information content (AvgIpc) is 3.33. The monoisotopic (exact) mass is 289 g/mol. The summed E-state index contributed by atoms with van der Waals surface area (Å²) in [4.78, 5) is 23.5. The molecule has 1 aliphatic heterocycles. The molecule has 5 heteroatoms. The van der Waals surface area contributed by atoms with Gasteiger partial charge in [0.05, 0.1) is 17.4 Å². The van der Waals surface area contributed by atoms with Gasteiger partial charge >= 0.3 is 0 Å². The number of carbonyl (C=O) groups excluding carboxylic acids is 1. The lowest BCUT2D eigenvalue weighted by atomic mass is 10.1. The Morgan fingerprint density at radius 2 is 2.10 bits per heavy atom. The van der Waals surface area contributed by atoms with E-state index in [0.29, 0.717) is 11.5 Å². The molecule has 1 aliphatic carbocycles. The molecule has 2 fully saturated rings. The van der Waals surface area contributed by atoms with Gasteiger partial charge in [0, 0.05) is 32.3 Å². The minimum absolute atomic E-state index is 0.0913. The van der Waals surface area contributed by atoms with Crippen molar-refractivity contribution >= 4 is 5.91 Å². The van der Waals surface area contributed by atoms with E-state index >= 15 is 0 Å². The third kappa shape index (κ3) is 3.23. The largest absolute Gasteiger partial charge is 0.381 e. The van der Waals surface area contributed by atoms with Crippen LogP contribution >= 0.6 is 0 Å². The van der Waals surface area contributed by atoms with Crippen LogP contribution in [0.4, 0.5) is 0 Å². The molecule has 2 heterocycles. The Morgan fingerprint density at radius 3 is 2.81 bits per heavy atom. The van der Waals surface area contributed by atoms with Gasteiger partial charge in [-0.2, -0.15) is 0 Å². The Bertz CT molecular complexity index is 528. The van der Waals surface area contributed by atoms with E-state index in [1.54, 1.807) is 13.3 Å². The summed E-state index contributed by atoms with van der Waals surface area (Å²) >= 11 is 0. The summed E-state index contributed by atoms with van der Waals surface area (Å²) in [5, 5.41) is 0. The summed E-state index contributed by atoms with van der Waals surface area (Å²) in [7, 11) is 1.75. The number of aromatic nitrogens is 2. The van der Waals surface area contributed by atoms with Gasteiger partial charge in [-0.3, -0.25) is 4.79 Å². The van der Waals surface area contributed by atoms with Gasteiger partial charge in [-0.15, -0.1) is 0 Å². The zero-order chi connectivity index (χ0) is 14.8. The molecule has 3 rings (SSSR count). The lowest BCUT2D eigenvalue weighted by Gasteiger charge is -2.21. The molecule has 21 heavy (non-hydrogen) atoms. The fraction of sp³-hybridized carbons (Fsp3) is 0.688. The highest BCUT2D eigenvalue weighted by Crippen LogP contribution is 2.40. The van der Waals surface area contributed by atoms with Gasteiger partial charge in [-0.1, -0.05) is 0 Å². The molecule has 0 radical (unpaired) electrons. The van der Waals surface area contributed by atoms with Crippen LogP contribution in [-0.4, -0.2) is 47.1 Å². The zero-order valence-corrected chi connectivity index (χ0v) is 12.8. The van der Waals surface area contributed by atoms with E-state index in [1.807, 2.05) is 11.8 Å². The molecule has 1 atom stereocenters. The Kier molecular flexibility index (Phi) is 4.19. The van der Waals surface area contributed by atoms with Crippen LogP contribution in [0.25, 0.3) is 0 Å². The van der Waals surface area contributed by atoms with Crippen LogP contribution in [0.15, 0.2) is 6.20 Å². The predicted octanol–water partition coefficient (Wildman–Crippen LogP) is 2.30. The van der Waals surface area contributed by atoms with Crippen LogP contribution in [0, 0.1) is 6.92 Å². The van der Waals surface area contributed by atoms with Crippen molar-refractivity contribution < 1.29 is 9.53 Å². The third-order valence-corrected chi connectivity index (χ3v) is 4.43. The second kappa shape index (κ2) is 6.10. The number of nitrogens with zero attached hydrogens (tertiary/aromatic N) is 3. The lowest BCUT2D eigenvalue weighted by Crippen LogP contribution is -2.33. The average molecular weight is 289 g/mol. The number of rotatable bonds is 3. The maximum atomic E-state index is 12.8. The number of ether oxygens (including phenoxy) is 1. The number of amides is 1. The summed E-state index contributed by atoms with van der Waals surface area (Å²) in [6.45, 7) is 3.45. The van der Waals surface area contributed by atoms with Crippen LogP contribution in [0.2, 0.25) is 0 Å². The molecule has 1 saturated carbocycles. The number of carbonyl (C=O) groups is 1. The van der Waals surface area contributed by atoms with Crippen molar-refractivity contribution in [2.75, 3.05) is 20.2 Å². The maximum absolute atomic E-state index is 12.8. The van der Waals surface area contributed by atoms with Crippen LogP contribution in [0.3, 0.4) is 0 Å². The highest BCUT2D eigenvalue weighted by molar-refractivity contribution is 5.95. The highest BCUT2D eigenvalue weighted by atomic mass is 16.5. The first-order valence-electron chi connectivity index (χ1n) is 7.84. The van der Waals surface area contributed by atoms with Gasteiger partial charge in [0.2, 0.25) is 0 Å². The first kappa shape index (κ1) is 14.4. The highest BCUT2D eigenvalue weighted by Gasteiger charge is 2.32. The topological polar surface area (TPSA) is 55.3 Å². The smallest absolute Gasteiger partial charge is 0.257 e. The van der Waals surface area contributed by atoms with E-state index < -0.39 is 0 Å². The molecule has 1 saturated heterocycles. The number of aryl methyl sites for hydroxylation is 1. The fourth-order valence-corrected chi connectivity index (χ4v) is 3.00. The first-order valence-corrected chi connectivity index (χ1v) is 7.84. The molecular weight excluding hydrogens is 266 g/mol. The molecule has 114 valence electrons. The van der Waals surface area contributed by atoms with Crippen molar-refractivity contribution in [1.29, 1.82) is 0 Å². The van der Waals surface area contributed by atoms with Crippen LogP contribution in [0.5, 0.6) is 0 Å². The van der Waals surface area contributed by atoms with Gasteiger partial charge in [-0.25, -0.2) is 9.97 Å². The molecule has 2 aliphatic rings. The Balaban J connectivity index is 1.78. The van der Waals surface area contributed by atoms with Crippen molar-refractivity contribution in [3.8, 4) is 0 Å². The molecule has 0 bridgehead atoms. The quantitative estimate of drug-likeness (QED) is 0.857. The van der Waals surface area contributed by atoms with E-state index in [0.717, 1.165) is 56.7 Å². The molecular formula is C16H23N3O2.